The highest BCUT2D eigenvalue weighted by Crippen LogP contribution is 2.48. The van der Waals surface area contributed by atoms with Gasteiger partial charge in [0, 0.05) is 6.04 Å². The first kappa shape index (κ1) is 36.7. The molecule has 5 nitrogen and oxygen atoms in total. The first-order valence-corrected chi connectivity index (χ1v) is 11.3. The first-order chi connectivity index (χ1) is 18.8. The molecule has 0 aliphatic heterocycles. The summed E-state index contributed by atoms with van der Waals surface area (Å²) in [6.45, 7) is 1.71. The van der Waals surface area contributed by atoms with Gasteiger partial charge in [-0.15, -0.1) is 6.58 Å². The van der Waals surface area contributed by atoms with E-state index in [-0.39, 0.29) is 17.7 Å². The number of amides is 1. The lowest BCUT2D eigenvalue weighted by molar-refractivity contribution is -0.349. The third-order valence-corrected chi connectivity index (χ3v) is 5.35. The van der Waals surface area contributed by atoms with E-state index in [1.807, 2.05) is 0 Å². The van der Waals surface area contributed by atoms with E-state index in [1.54, 1.807) is 0 Å². The minimum atomic E-state index is -7.05. The highest BCUT2D eigenvalue weighted by Gasteiger charge is 2.78. The number of rotatable bonds is 13. The predicted octanol–water partition coefficient (Wildman–Crippen LogP) is 6.61. The van der Waals surface area contributed by atoms with Gasteiger partial charge in [-0.25, -0.2) is 4.79 Å². The van der Waals surface area contributed by atoms with Crippen molar-refractivity contribution in [3.8, 4) is 5.75 Å². The van der Waals surface area contributed by atoms with Gasteiger partial charge in [-0.05, 0) is 31.9 Å². The number of hydrogen-bond acceptors (Lipinski definition) is 4. The van der Waals surface area contributed by atoms with Crippen LogP contribution in [0.3, 0.4) is 0 Å². The summed E-state index contributed by atoms with van der Waals surface area (Å²) in [5.74, 6) is -34.3. The molecule has 0 aliphatic rings. The fourth-order valence-electron chi connectivity index (χ4n) is 3.05. The minimum absolute atomic E-state index is 0.0336. The number of nitrogens with zero attached hydrogens (tertiary/aromatic N) is 1. The summed E-state index contributed by atoms with van der Waals surface area (Å²) in [5, 5.41) is 0. The molecular formula is C23H21F14NO4. The van der Waals surface area contributed by atoms with Gasteiger partial charge in [0.25, 0.3) is 5.91 Å². The lowest BCUT2D eigenvalue weighted by atomic mass is 10.1. The molecular weight excluding hydrogens is 620 g/mol. The summed E-state index contributed by atoms with van der Waals surface area (Å²) in [6, 6.07) is 3.47. The molecule has 1 atom stereocenters. The highest BCUT2D eigenvalue weighted by molar-refractivity contribution is 5.85. The standard InChI is InChI=1S/C23H21F14NO4/c1-4-7-13-8-5-6-9-15(13)41-11-14(42-17(40)19(26,27)21(30,31)23(35,36)37)10-38(12(2)3)16(39)18(24,25)20(28,29)22(32,33)34/h4-6,8-9,12,14H,1,7,10-11H2,2-3H3. The van der Waals surface area contributed by atoms with Gasteiger partial charge in [-0.2, -0.15) is 61.5 Å². The number of carbonyl (C=O) groups is 2. The zero-order valence-corrected chi connectivity index (χ0v) is 21.2. The topological polar surface area (TPSA) is 55.8 Å². The Bertz CT molecular complexity index is 1120. The molecule has 42 heavy (non-hydrogen) atoms. The quantitative estimate of drug-likeness (QED) is 0.138. The molecule has 0 aromatic heterocycles. The van der Waals surface area contributed by atoms with E-state index in [0.29, 0.717) is 0 Å². The van der Waals surface area contributed by atoms with E-state index in [1.165, 1.54) is 24.3 Å². The molecule has 240 valence electrons. The summed E-state index contributed by atoms with van der Waals surface area (Å²) in [4.78, 5) is 23.5. The van der Waals surface area contributed by atoms with Crippen LogP contribution in [0.2, 0.25) is 0 Å². The van der Waals surface area contributed by atoms with Crippen LogP contribution in [-0.2, 0) is 20.7 Å². The van der Waals surface area contributed by atoms with Gasteiger partial charge in [-0.1, -0.05) is 24.3 Å². The Kier molecular flexibility index (Phi) is 11.0. The Balaban J connectivity index is 3.53. The second-order valence-corrected chi connectivity index (χ2v) is 8.78. The van der Waals surface area contributed by atoms with Crippen LogP contribution in [0.5, 0.6) is 5.75 Å². The highest BCUT2D eigenvalue weighted by atomic mass is 19.4. The number of halogens is 14. The van der Waals surface area contributed by atoms with E-state index < -0.39 is 78.1 Å². The molecule has 0 N–H and O–H groups in total. The Morgan fingerprint density at radius 3 is 1.76 bits per heavy atom. The maximum atomic E-state index is 14.1. The third-order valence-electron chi connectivity index (χ3n) is 5.35. The van der Waals surface area contributed by atoms with E-state index in [2.05, 4.69) is 11.3 Å². The fraction of sp³-hybridized carbons (Fsp3) is 0.565. The van der Waals surface area contributed by atoms with Crippen molar-refractivity contribution >= 4 is 11.9 Å². The van der Waals surface area contributed by atoms with Gasteiger partial charge in [-0.3, -0.25) is 4.79 Å². The number of para-hydroxylation sites is 1. The van der Waals surface area contributed by atoms with Crippen LogP contribution in [0, 0.1) is 0 Å². The molecule has 1 aromatic rings. The van der Waals surface area contributed by atoms with Crippen molar-refractivity contribution in [2.75, 3.05) is 13.2 Å². The van der Waals surface area contributed by atoms with E-state index in [4.69, 9.17) is 4.74 Å². The second kappa shape index (κ2) is 12.5. The zero-order valence-electron chi connectivity index (χ0n) is 21.2. The number of allylic oxidation sites excluding steroid dienone is 1. The van der Waals surface area contributed by atoms with Crippen molar-refractivity contribution in [3.05, 3.63) is 42.5 Å². The molecule has 0 spiro atoms. The summed E-state index contributed by atoms with van der Waals surface area (Å²) in [5.41, 5.74) is 0.250. The molecule has 0 saturated carbocycles. The Morgan fingerprint density at radius 2 is 1.31 bits per heavy atom. The molecule has 1 aromatic carbocycles. The average Bonchev–Trinajstić information content (AvgIpc) is 2.84. The molecule has 1 amide bonds. The van der Waals surface area contributed by atoms with Crippen LogP contribution in [-0.4, -0.2) is 78.1 Å². The molecule has 1 rings (SSSR count). The average molecular weight is 641 g/mol. The number of ether oxygens (including phenoxy) is 2. The van der Waals surface area contributed by atoms with Crippen LogP contribution in [0.4, 0.5) is 61.5 Å². The van der Waals surface area contributed by atoms with Gasteiger partial charge in [0.15, 0.2) is 6.10 Å². The van der Waals surface area contributed by atoms with Gasteiger partial charge < -0.3 is 14.4 Å². The van der Waals surface area contributed by atoms with Crippen LogP contribution in [0.25, 0.3) is 0 Å². The van der Waals surface area contributed by atoms with Gasteiger partial charge in [0.05, 0.1) is 6.54 Å². The predicted molar refractivity (Wildman–Crippen MR) is 114 cm³/mol. The molecule has 19 heteroatoms. The lowest BCUT2D eigenvalue weighted by Crippen LogP contribution is -2.62. The number of benzene rings is 1. The first-order valence-electron chi connectivity index (χ1n) is 11.3. The minimum Gasteiger partial charge on any atom is -0.489 e. The Hall–Kier alpha value is -3.28. The van der Waals surface area contributed by atoms with Crippen molar-refractivity contribution in [2.24, 2.45) is 0 Å². The van der Waals surface area contributed by atoms with E-state index >= 15 is 0 Å². The van der Waals surface area contributed by atoms with Crippen LogP contribution >= 0.6 is 0 Å². The van der Waals surface area contributed by atoms with Crippen LogP contribution < -0.4 is 4.74 Å². The third kappa shape index (κ3) is 7.37. The summed E-state index contributed by atoms with van der Waals surface area (Å²) in [6.07, 6.45) is -15.4. The SMILES string of the molecule is C=CCc1ccccc1OCC(CN(C(=O)C(F)(F)C(F)(F)C(F)(F)F)C(C)C)OC(=O)C(F)(F)C(F)(F)C(F)(F)F. The maximum Gasteiger partial charge on any atom is 0.460 e. The number of esters is 1. The van der Waals surface area contributed by atoms with Crippen molar-refractivity contribution < 1.29 is 80.5 Å². The maximum absolute atomic E-state index is 14.1. The van der Waals surface area contributed by atoms with Crippen LogP contribution in [0.1, 0.15) is 19.4 Å². The van der Waals surface area contributed by atoms with Gasteiger partial charge in [0.2, 0.25) is 0 Å². The molecule has 0 bridgehead atoms. The number of alkyl halides is 14. The molecule has 0 aliphatic carbocycles. The zero-order chi connectivity index (χ0) is 33.1. The van der Waals surface area contributed by atoms with Crippen molar-refractivity contribution in [1.29, 1.82) is 0 Å². The number of hydrogen-bond donors (Lipinski definition) is 0. The summed E-state index contributed by atoms with van der Waals surface area (Å²) < 4.78 is 194. The molecule has 0 radical (unpaired) electrons. The van der Waals surface area contributed by atoms with Gasteiger partial charge >= 0.3 is 42.0 Å². The smallest absolute Gasteiger partial charge is 0.460 e. The van der Waals surface area contributed by atoms with E-state index in [0.717, 1.165) is 19.9 Å². The second-order valence-electron chi connectivity index (χ2n) is 8.78. The summed E-state index contributed by atoms with van der Waals surface area (Å²) >= 11 is 0. The molecule has 1 unspecified atom stereocenters. The Morgan fingerprint density at radius 1 is 0.833 bits per heavy atom. The Labute approximate surface area is 228 Å². The van der Waals surface area contributed by atoms with Crippen molar-refractivity contribution in [1.82, 2.24) is 4.90 Å². The number of carbonyl (C=O) groups excluding carboxylic acids is 2. The monoisotopic (exact) mass is 641 g/mol. The fourth-order valence-corrected chi connectivity index (χ4v) is 3.05. The van der Waals surface area contributed by atoms with Gasteiger partial charge in [0.1, 0.15) is 12.4 Å². The lowest BCUT2D eigenvalue weighted by Gasteiger charge is -2.36. The molecule has 0 saturated heterocycles. The molecule has 0 fully saturated rings. The van der Waals surface area contributed by atoms with E-state index in [9.17, 15) is 71.1 Å². The van der Waals surface area contributed by atoms with Crippen LogP contribution in [0.15, 0.2) is 36.9 Å². The summed E-state index contributed by atoms with van der Waals surface area (Å²) in [7, 11) is 0. The largest absolute Gasteiger partial charge is 0.489 e. The van der Waals surface area contributed by atoms with Crippen molar-refractivity contribution in [2.45, 2.75) is 68.5 Å². The molecule has 0 heterocycles. The van der Waals surface area contributed by atoms with Crippen molar-refractivity contribution in [3.63, 3.8) is 0 Å². The normalized spacial score (nSPS) is 14.4.